The van der Waals surface area contributed by atoms with Crippen molar-refractivity contribution in [3.8, 4) is 0 Å². The summed E-state index contributed by atoms with van der Waals surface area (Å²) in [7, 11) is -3.54. The minimum Gasteiger partial charge on any atom is -0.483 e. The quantitative estimate of drug-likeness (QED) is 0.860. The van der Waals surface area contributed by atoms with E-state index in [2.05, 4.69) is 0 Å². The van der Waals surface area contributed by atoms with Gasteiger partial charge in [0.05, 0.1) is 4.90 Å². The maximum absolute atomic E-state index is 12.1. The fourth-order valence-electron chi connectivity index (χ4n) is 1.71. The van der Waals surface area contributed by atoms with Gasteiger partial charge >= 0.3 is 0 Å². The number of rotatable bonds is 3. The fraction of sp³-hybridized carbons (Fsp3) is 0.308. The highest BCUT2D eigenvalue weighted by Gasteiger charge is 2.36. The van der Waals surface area contributed by atoms with Crippen LogP contribution in [0.2, 0.25) is 5.02 Å². The SMILES string of the molecule is CC1(C)OC(CS(=O)(=O)c2ccc(Cl)cc2)=CC1=O. The molecule has 0 unspecified atom stereocenters. The normalized spacial score (nSPS) is 18.1. The van der Waals surface area contributed by atoms with Gasteiger partial charge in [0.25, 0.3) is 0 Å². The van der Waals surface area contributed by atoms with E-state index in [-0.39, 0.29) is 22.2 Å². The molecule has 1 aromatic carbocycles. The molecule has 6 heteroatoms. The lowest BCUT2D eigenvalue weighted by Gasteiger charge is -2.18. The van der Waals surface area contributed by atoms with Gasteiger partial charge in [0.1, 0.15) is 11.5 Å². The molecule has 1 aromatic rings. The average Bonchev–Trinajstić information content (AvgIpc) is 2.51. The fourth-order valence-corrected chi connectivity index (χ4v) is 3.07. The number of hydrogen-bond acceptors (Lipinski definition) is 4. The van der Waals surface area contributed by atoms with Gasteiger partial charge in [-0.05, 0) is 38.1 Å². The Morgan fingerprint density at radius 1 is 1.21 bits per heavy atom. The van der Waals surface area contributed by atoms with Crippen LogP contribution in [0.5, 0.6) is 0 Å². The minimum absolute atomic E-state index is 0.151. The number of carbonyl (C=O) groups excluding carboxylic acids is 1. The second kappa shape index (κ2) is 4.65. The van der Waals surface area contributed by atoms with Crippen molar-refractivity contribution in [2.45, 2.75) is 24.3 Å². The van der Waals surface area contributed by atoms with E-state index in [9.17, 15) is 13.2 Å². The lowest BCUT2D eigenvalue weighted by Crippen LogP contribution is -2.28. The van der Waals surface area contributed by atoms with Crippen LogP contribution < -0.4 is 0 Å². The van der Waals surface area contributed by atoms with Crippen LogP contribution >= 0.6 is 11.6 Å². The van der Waals surface area contributed by atoms with Crippen LogP contribution in [-0.4, -0.2) is 25.6 Å². The van der Waals surface area contributed by atoms with Crippen LogP contribution in [0.15, 0.2) is 41.0 Å². The van der Waals surface area contributed by atoms with Crippen LogP contribution in [0.25, 0.3) is 0 Å². The van der Waals surface area contributed by atoms with Gasteiger partial charge in [0.2, 0.25) is 5.78 Å². The zero-order valence-electron chi connectivity index (χ0n) is 10.5. The zero-order valence-corrected chi connectivity index (χ0v) is 12.1. The average molecular weight is 301 g/mol. The third-order valence-corrected chi connectivity index (χ3v) is 4.68. The van der Waals surface area contributed by atoms with E-state index in [1.807, 2.05) is 0 Å². The molecule has 1 aliphatic heterocycles. The summed E-state index contributed by atoms with van der Waals surface area (Å²) >= 11 is 5.71. The lowest BCUT2D eigenvalue weighted by atomic mass is 10.1. The Morgan fingerprint density at radius 3 is 2.26 bits per heavy atom. The molecule has 0 fully saturated rings. The van der Waals surface area contributed by atoms with Crippen molar-refractivity contribution in [1.82, 2.24) is 0 Å². The Balaban J connectivity index is 2.22. The molecule has 1 heterocycles. The largest absolute Gasteiger partial charge is 0.483 e. The first kappa shape index (κ1) is 14.1. The Kier molecular flexibility index (Phi) is 3.45. The maximum Gasteiger partial charge on any atom is 0.201 e. The van der Waals surface area contributed by atoms with Crippen molar-refractivity contribution in [3.05, 3.63) is 41.1 Å². The number of hydrogen-bond donors (Lipinski definition) is 0. The summed E-state index contributed by atoms with van der Waals surface area (Å²) < 4.78 is 29.6. The number of halogens is 1. The van der Waals surface area contributed by atoms with Crippen molar-refractivity contribution >= 4 is 27.2 Å². The summed E-state index contributed by atoms with van der Waals surface area (Å²) in [4.78, 5) is 11.7. The molecule has 0 radical (unpaired) electrons. The molecule has 0 saturated carbocycles. The predicted molar refractivity (Wildman–Crippen MR) is 71.8 cm³/mol. The van der Waals surface area contributed by atoms with Crippen molar-refractivity contribution < 1.29 is 17.9 Å². The first-order valence-electron chi connectivity index (χ1n) is 5.63. The summed E-state index contributed by atoms with van der Waals surface area (Å²) in [5.74, 6) is -0.386. The van der Waals surface area contributed by atoms with Crippen LogP contribution in [0.1, 0.15) is 13.8 Å². The van der Waals surface area contributed by atoms with Crippen molar-refractivity contribution in [2.75, 3.05) is 5.75 Å². The van der Waals surface area contributed by atoms with Crippen LogP contribution in [-0.2, 0) is 19.4 Å². The third-order valence-electron chi connectivity index (χ3n) is 2.78. The highest BCUT2D eigenvalue weighted by molar-refractivity contribution is 7.91. The van der Waals surface area contributed by atoms with Gasteiger partial charge in [-0.25, -0.2) is 8.42 Å². The molecule has 0 N–H and O–H groups in total. The van der Waals surface area contributed by atoms with E-state index in [0.29, 0.717) is 5.02 Å². The second-order valence-electron chi connectivity index (χ2n) is 4.80. The zero-order chi connectivity index (χ0) is 14.3. The molecule has 0 spiro atoms. The molecule has 102 valence electrons. The summed E-state index contributed by atoms with van der Waals surface area (Å²) in [5, 5.41) is 0.464. The first-order valence-corrected chi connectivity index (χ1v) is 7.66. The smallest absolute Gasteiger partial charge is 0.201 e. The Morgan fingerprint density at radius 2 is 1.79 bits per heavy atom. The molecule has 0 atom stereocenters. The van der Waals surface area contributed by atoms with Gasteiger partial charge in [-0.3, -0.25) is 4.79 Å². The van der Waals surface area contributed by atoms with Gasteiger partial charge in [0, 0.05) is 11.1 Å². The Bertz CT molecular complexity index is 642. The second-order valence-corrected chi connectivity index (χ2v) is 7.23. The first-order chi connectivity index (χ1) is 8.71. The lowest BCUT2D eigenvalue weighted by molar-refractivity contribution is -0.126. The summed E-state index contributed by atoms with van der Waals surface area (Å²) in [6.45, 7) is 3.21. The Labute approximate surface area is 116 Å². The predicted octanol–water partition coefficient (Wildman–Crippen LogP) is 2.38. The molecule has 4 nitrogen and oxygen atoms in total. The molecule has 0 saturated heterocycles. The third kappa shape index (κ3) is 2.98. The number of ketones is 1. The highest BCUT2D eigenvalue weighted by Crippen LogP contribution is 2.27. The topological polar surface area (TPSA) is 60.4 Å². The molecule has 0 bridgehead atoms. The van der Waals surface area contributed by atoms with E-state index in [1.165, 1.54) is 30.3 Å². The van der Waals surface area contributed by atoms with Crippen molar-refractivity contribution in [2.24, 2.45) is 0 Å². The van der Waals surface area contributed by atoms with E-state index in [4.69, 9.17) is 16.3 Å². The summed E-state index contributed by atoms with van der Waals surface area (Å²) in [6.07, 6.45) is 1.24. The van der Waals surface area contributed by atoms with Gasteiger partial charge in [-0.1, -0.05) is 11.6 Å². The molecule has 19 heavy (non-hydrogen) atoms. The highest BCUT2D eigenvalue weighted by atomic mass is 35.5. The van der Waals surface area contributed by atoms with E-state index < -0.39 is 15.4 Å². The van der Waals surface area contributed by atoms with Crippen LogP contribution in [0.4, 0.5) is 0 Å². The van der Waals surface area contributed by atoms with Crippen LogP contribution in [0.3, 0.4) is 0 Å². The molecule has 0 aliphatic carbocycles. The minimum atomic E-state index is -3.54. The summed E-state index contributed by atoms with van der Waals surface area (Å²) in [5.41, 5.74) is -0.981. The standard InChI is InChI=1S/C13H13ClO4S/c1-13(2)12(15)7-10(18-13)8-19(16,17)11-5-3-9(14)4-6-11/h3-7H,8H2,1-2H3. The molecular weight excluding hydrogens is 288 g/mol. The van der Waals surface area contributed by atoms with Gasteiger partial charge in [0.15, 0.2) is 15.4 Å². The number of benzene rings is 1. The van der Waals surface area contributed by atoms with Crippen LogP contribution in [0, 0.1) is 0 Å². The number of ether oxygens (including phenoxy) is 1. The summed E-state index contributed by atoms with van der Waals surface area (Å²) in [6, 6.07) is 5.88. The molecule has 0 aromatic heterocycles. The van der Waals surface area contributed by atoms with E-state index >= 15 is 0 Å². The maximum atomic E-state index is 12.1. The van der Waals surface area contributed by atoms with Gasteiger partial charge < -0.3 is 4.74 Å². The number of carbonyl (C=O) groups is 1. The molecular formula is C13H13ClO4S. The van der Waals surface area contributed by atoms with Gasteiger partial charge in [-0.15, -0.1) is 0 Å². The molecule has 2 rings (SSSR count). The number of sulfone groups is 1. The van der Waals surface area contributed by atoms with Crippen molar-refractivity contribution in [1.29, 1.82) is 0 Å². The molecule has 1 aliphatic rings. The van der Waals surface area contributed by atoms with E-state index in [1.54, 1.807) is 13.8 Å². The van der Waals surface area contributed by atoms with Crippen molar-refractivity contribution in [3.63, 3.8) is 0 Å². The monoisotopic (exact) mass is 300 g/mol. The Hall–Kier alpha value is -1.33. The molecule has 0 amide bonds. The van der Waals surface area contributed by atoms with E-state index in [0.717, 1.165) is 0 Å². The van der Waals surface area contributed by atoms with Gasteiger partial charge in [-0.2, -0.15) is 0 Å².